The highest BCUT2D eigenvalue weighted by atomic mass is 16.2. The van der Waals surface area contributed by atoms with Gasteiger partial charge in [0.25, 0.3) is 11.8 Å². The summed E-state index contributed by atoms with van der Waals surface area (Å²) in [6.45, 7) is 0. The van der Waals surface area contributed by atoms with Crippen molar-refractivity contribution in [2.45, 2.75) is 0 Å². The van der Waals surface area contributed by atoms with Crippen molar-refractivity contribution in [3.63, 3.8) is 0 Å². The molecule has 0 spiro atoms. The highest BCUT2D eigenvalue weighted by Gasteiger charge is 2.24. The lowest BCUT2D eigenvalue weighted by atomic mass is 10.0. The minimum atomic E-state index is -0.614. The Hall–Kier alpha value is -2.24. The van der Waals surface area contributed by atoms with Gasteiger partial charge in [-0.05, 0) is 12.1 Å². The fraction of sp³-hybridized carbons (Fsp3) is 0. The first-order valence-electron chi connectivity index (χ1n) is 3.79. The van der Waals surface area contributed by atoms with E-state index in [0.29, 0.717) is 5.69 Å². The smallest absolute Gasteiger partial charge is 0.298 e. The highest BCUT2D eigenvalue weighted by molar-refractivity contribution is 6.14. The molecule has 70 valence electrons. The number of amides is 2. The predicted octanol–water partition coefficient (Wildman–Crippen LogP) is 0.597. The highest BCUT2D eigenvalue weighted by Crippen LogP contribution is 2.25. The van der Waals surface area contributed by atoms with E-state index in [0.717, 1.165) is 0 Å². The molecule has 1 aromatic rings. The number of benzene rings is 1. The number of anilines is 2. The van der Waals surface area contributed by atoms with Crippen molar-refractivity contribution in [2.75, 3.05) is 11.5 Å². The summed E-state index contributed by atoms with van der Waals surface area (Å²) in [5.74, 6) is -1.21. The van der Waals surface area contributed by atoms with Crippen LogP contribution in [-0.4, -0.2) is 11.8 Å². The zero-order valence-corrected chi connectivity index (χ0v) is 7.02. The van der Waals surface area contributed by atoms with Gasteiger partial charge >= 0.3 is 0 Å². The molecule has 14 heavy (non-hydrogen) atoms. The summed E-state index contributed by atoms with van der Waals surface area (Å²) in [4.78, 5) is 22.4. The molecule has 2 rings (SSSR count). The van der Waals surface area contributed by atoms with E-state index in [1.54, 1.807) is 0 Å². The zero-order valence-electron chi connectivity index (χ0n) is 7.02. The van der Waals surface area contributed by atoms with Crippen molar-refractivity contribution in [1.82, 2.24) is 0 Å². The molecule has 0 saturated carbocycles. The molecular formula is C8H6N4O2. The standard InChI is InChI=1S/C8H6N4O2/c9-3-1-4-6(5(10)2-3)8(14)12-11-7(4)13/h1-2H,9-10H2. The van der Waals surface area contributed by atoms with E-state index in [1.165, 1.54) is 12.1 Å². The first kappa shape index (κ1) is 8.36. The van der Waals surface area contributed by atoms with Crippen LogP contribution in [0.25, 0.3) is 0 Å². The van der Waals surface area contributed by atoms with E-state index in [-0.39, 0.29) is 16.8 Å². The lowest BCUT2D eigenvalue weighted by Crippen LogP contribution is -2.14. The van der Waals surface area contributed by atoms with Crippen LogP contribution >= 0.6 is 0 Å². The summed E-state index contributed by atoms with van der Waals surface area (Å²) >= 11 is 0. The number of nitrogens with zero attached hydrogens (tertiary/aromatic N) is 2. The number of nitrogen functional groups attached to an aromatic ring is 2. The summed E-state index contributed by atoms with van der Waals surface area (Å²) in [7, 11) is 0. The van der Waals surface area contributed by atoms with Crippen LogP contribution in [0.2, 0.25) is 0 Å². The maximum absolute atomic E-state index is 11.2. The van der Waals surface area contributed by atoms with Crippen LogP contribution in [0, 0.1) is 0 Å². The Labute approximate surface area is 78.6 Å². The van der Waals surface area contributed by atoms with Crippen LogP contribution in [0.15, 0.2) is 22.4 Å². The summed E-state index contributed by atoms with van der Waals surface area (Å²) in [6.07, 6.45) is 0. The van der Waals surface area contributed by atoms with Crippen molar-refractivity contribution in [3.05, 3.63) is 23.3 Å². The van der Waals surface area contributed by atoms with Gasteiger partial charge in [-0.3, -0.25) is 9.59 Å². The summed E-state index contributed by atoms with van der Waals surface area (Å²) in [5.41, 5.74) is 11.7. The van der Waals surface area contributed by atoms with Crippen LogP contribution in [0.5, 0.6) is 0 Å². The van der Waals surface area contributed by atoms with E-state index in [2.05, 4.69) is 10.2 Å². The molecule has 4 N–H and O–H groups in total. The van der Waals surface area contributed by atoms with E-state index in [1.807, 2.05) is 0 Å². The number of fused-ring (bicyclic) bond motifs is 1. The van der Waals surface area contributed by atoms with Crippen molar-refractivity contribution >= 4 is 23.2 Å². The van der Waals surface area contributed by atoms with E-state index in [4.69, 9.17) is 11.5 Å². The Morgan fingerprint density at radius 3 is 2.36 bits per heavy atom. The predicted molar refractivity (Wildman–Crippen MR) is 48.8 cm³/mol. The molecule has 0 bridgehead atoms. The minimum absolute atomic E-state index is 0.0826. The average molecular weight is 190 g/mol. The number of carbonyl (C=O) groups is 2. The zero-order chi connectivity index (χ0) is 10.3. The van der Waals surface area contributed by atoms with E-state index in [9.17, 15) is 9.59 Å². The Balaban J connectivity index is 2.78. The fourth-order valence-corrected chi connectivity index (χ4v) is 1.29. The molecule has 0 unspecified atom stereocenters. The molecule has 0 aliphatic carbocycles. The number of azo groups is 1. The van der Waals surface area contributed by atoms with Gasteiger partial charge < -0.3 is 11.5 Å². The monoisotopic (exact) mass is 190 g/mol. The number of hydrogen-bond donors (Lipinski definition) is 2. The summed E-state index contributed by atoms with van der Waals surface area (Å²) in [6, 6.07) is 2.77. The molecule has 1 aliphatic heterocycles. The quantitative estimate of drug-likeness (QED) is 0.583. The first-order valence-corrected chi connectivity index (χ1v) is 3.79. The second kappa shape index (κ2) is 2.63. The Morgan fingerprint density at radius 2 is 1.64 bits per heavy atom. The number of carbonyl (C=O) groups excluding carboxylic acids is 2. The molecule has 1 aromatic carbocycles. The van der Waals surface area contributed by atoms with Crippen molar-refractivity contribution in [2.24, 2.45) is 10.2 Å². The maximum Gasteiger partial charge on any atom is 0.298 e. The molecule has 0 saturated heterocycles. The Kier molecular flexibility index (Phi) is 1.57. The second-order valence-corrected chi connectivity index (χ2v) is 2.84. The lowest BCUT2D eigenvalue weighted by Gasteiger charge is -2.10. The first-order chi connectivity index (χ1) is 6.59. The van der Waals surface area contributed by atoms with Gasteiger partial charge in [-0.25, -0.2) is 0 Å². The molecule has 1 heterocycles. The van der Waals surface area contributed by atoms with Gasteiger partial charge in [-0.2, -0.15) is 0 Å². The minimum Gasteiger partial charge on any atom is -0.399 e. The molecule has 0 aromatic heterocycles. The average Bonchev–Trinajstić information content (AvgIpc) is 2.10. The van der Waals surface area contributed by atoms with Crippen LogP contribution in [-0.2, 0) is 0 Å². The molecule has 6 heteroatoms. The van der Waals surface area contributed by atoms with Crippen LogP contribution < -0.4 is 11.5 Å². The molecule has 0 atom stereocenters. The van der Waals surface area contributed by atoms with Gasteiger partial charge in [-0.15, -0.1) is 10.2 Å². The van der Waals surface area contributed by atoms with E-state index >= 15 is 0 Å². The third-order valence-electron chi connectivity index (χ3n) is 1.87. The number of hydrogen-bond acceptors (Lipinski definition) is 4. The molecule has 1 aliphatic rings. The van der Waals surface area contributed by atoms with Gasteiger partial charge in [0.05, 0.1) is 11.1 Å². The fourth-order valence-electron chi connectivity index (χ4n) is 1.29. The van der Waals surface area contributed by atoms with Crippen LogP contribution in [0.1, 0.15) is 20.7 Å². The maximum atomic E-state index is 11.2. The molecular weight excluding hydrogens is 184 g/mol. The van der Waals surface area contributed by atoms with Gasteiger partial charge in [-0.1, -0.05) is 0 Å². The third kappa shape index (κ3) is 1.05. The molecule has 0 radical (unpaired) electrons. The van der Waals surface area contributed by atoms with Crippen LogP contribution in [0.4, 0.5) is 11.4 Å². The van der Waals surface area contributed by atoms with Crippen molar-refractivity contribution < 1.29 is 9.59 Å². The summed E-state index contributed by atoms with van der Waals surface area (Å²) < 4.78 is 0. The normalized spacial score (nSPS) is 14.3. The Bertz CT molecular complexity index is 478. The van der Waals surface area contributed by atoms with Crippen LogP contribution in [0.3, 0.4) is 0 Å². The molecule has 2 amide bonds. The van der Waals surface area contributed by atoms with Crippen molar-refractivity contribution in [3.8, 4) is 0 Å². The topological polar surface area (TPSA) is 111 Å². The number of nitrogens with two attached hydrogens (primary N) is 2. The van der Waals surface area contributed by atoms with Gasteiger partial charge in [0.2, 0.25) is 0 Å². The lowest BCUT2D eigenvalue weighted by molar-refractivity contribution is 0.0921. The van der Waals surface area contributed by atoms with E-state index < -0.39 is 11.8 Å². The second-order valence-electron chi connectivity index (χ2n) is 2.84. The largest absolute Gasteiger partial charge is 0.399 e. The third-order valence-corrected chi connectivity index (χ3v) is 1.87. The summed E-state index contributed by atoms with van der Waals surface area (Å²) in [5, 5.41) is 6.32. The van der Waals surface area contributed by atoms with Crippen molar-refractivity contribution in [1.29, 1.82) is 0 Å². The SMILES string of the molecule is Nc1cc(N)c2c(c1)C(=O)N=NC2=O. The molecule has 0 fully saturated rings. The number of rotatable bonds is 0. The van der Waals surface area contributed by atoms with Gasteiger partial charge in [0, 0.05) is 11.4 Å². The molecule has 6 nitrogen and oxygen atoms in total. The van der Waals surface area contributed by atoms with Gasteiger partial charge in [0.1, 0.15) is 0 Å². The van der Waals surface area contributed by atoms with Gasteiger partial charge in [0.15, 0.2) is 0 Å². The Morgan fingerprint density at radius 1 is 1.00 bits per heavy atom.